The van der Waals surface area contributed by atoms with Gasteiger partial charge in [-0.1, -0.05) is 6.92 Å². The number of thiocarbonyl (C=S) groups is 1. The number of rotatable bonds is 3. The lowest BCUT2D eigenvalue weighted by atomic mass is 9.95. The van der Waals surface area contributed by atoms with E-state index in [4.69, 9.17) is 17.0 Å². The maximum Gasteiger partial charge on any atom is 0.169 e. The van der Waals surface area contributed by atoms with E-state index >= 15 is 0 Å². The van der Waals surface area contributed by atoms with Gasteiger partial charge < -0.3 is 15.0 Å². The van der Waals surface area contributed by atoms with Crippen molar-refractivity contribution in [3.05, 3.63) is 0 Å². The number of nitrogens with zero attached hydrogens (tertiary/aromatic N) is 1. The van der Waals surface area contributed by atoms with Crippen LogP contribution in [0, 0.1) is 5.92 Å². The van der Waals surface area contributed by atoms with Crippen molar-refractivity contribution in [3.8, 4) is 0 Å². The Balaban J connectivity index is 2.45. The first-order chi connectivity index (χ1) is 7.54. The standard InChI is InChI=1S/C12H24N2OS/c1-9-5-6-11(3)14(7-9)12(16)13-10(2)8-15-4/h9-11H,5-8H2,1-4H3,(H,13,16). The van der Waals surface area contributed by atoms with Crippen LogP contribution in [0.4, 0.5) is 0 Å². The normalized spacial score (nSPS) is 27.6. The Bertz CT molecular complexity index is 235. The van der Waals surface area contributed by atoms with E-state index in [-0.39, 0.29) is 6.04 Å². The summed E-state index contributed by atoms with van der Waals surface area (Å²) in [5.74, 6) is 0.744. The van der Waals surface area contributed by atoms with E-state index in [2.05, 4.69) is 31.0 Å². The minimum absolute atomic E-state index is 0.280. The summed E-state index contributed by atoms with van der Waals surface area (Å²) in [5, 5.41) is 4.21. The molecular weight excluding hydrogens is 220 g/mol. The Labute approximate surface area is 105 Å². The summed E-state index contributed by atoms with van der Waals surface area (Å²) in [4.78, 5) is 2.32. The number of ether oxygens (including phenoxy) is 1. The van der Waals surface area contributed by atoms with E-state index in [1.54, 1.807) is 7.11 Å². The Morgan fingerprint density at radius 1 is 1.50 bits per heavy atom. The Hall–Kier alpha value is -0.350. The summed E-state index contributed by atoms with van der Waals surface area (Å²) in [7, 11) is 1.72. The highest BCUT2D eigenvalue weighted by atomic mass is 32.1. The number of methoxy groups -OCH3 is 1. The summed E-state index contributed by atoms with van der Waals surface area (Å²) >= 11 is 5.45. The van der Waals surface area contributed by atoms with Crippen molar-refractivity contribution in [2.24, 2.45) is 5.92 Å². The fraction of sp³-hybridized carbons (Fsp3) is 0.917. The third-order valence-corrected chi connectivity index (χ3v) is 3.52. The highest BCUT2D eigenvalue weighted by Crippen LogP contribution is 2.21. The van der Waals surface area contributed by atoms with Crippen LogP contribution in [-0.2, 0) is 4.74 Å². The van der Waals surface area contributed by atoms with Gasteiger partial charge in [0.1, 0.15) is 0 Å². The van der Waals surface area contributed by atoms with Crippen molar-refractivity contribution in [1.82, 2.24) is 10.2 Å². The predicted molar refractivity (Wildman–Crippen MR) is 71.6 cm³/mol. The molecule has 1 saturated heterocycles. The van der Waals surface area contributed by atoms with Crippen LogP contribution in [0.15, 0.2) is 0 Å². The second-order valence-corrected chi connectivity index (χ2v) is 5.38. The summed E-state index contributed by atoms with van der Waals surface area (Å²) in [6, 6.07) is 0.841. The highest BCUT2D eigenvalue weighted by Gasteiger charge is 2.25. The maximum absolute atomic E-state index is 5.45. The number of hydrogen-bond acceptors (Lipinski definition) is 2. The first-order valence-corrected chi connectivity index (χ1v) is 6.51. The zero-order valence-electron chi connectivity index (χ0n) is 10.8. The molecule has 0 amide bonds. The van der Waals surface area contributed by atoms with Gasteiger partial charge in [-0.05, 0) is 44.8 Å². The van der Waals surface area contributed by atoms with Gasteiger partial charge in [0, 0.05) is 25.7 Å². The second-order valence-electron chi connectivity index (χ2n) is 4.99. The molecule has 1 N–H and O–H groups in total. The van der Waals surface area contributed by atoms with E-state index < -0.39 is 0 Å². The number of nitrogens with one attached hydrogen (secondary N) is 1. The highest BCUT2D eigenvalue weighted by molar-refractivity contribution is 7.80. The zero-order valence-corrected chi connectivity index (χ0v) is 11.6. The molecule has 1 fully saturated rings. The fourth-order valence-electron chi connectivity index (χ4n) is 2.16. The number of piperidine rings is 1. The second kappa shape index (κ2) is 6.40. The van der Waals surface area contributed by atoms with Crippen molar-refractivity contribution in [2.45, 2.75) is 45.7 Å². The van der Waals surface area contributed by atoms with Crippen molar-refractivity contribution in [1.29, 1.82) is 0 Å². The number of hydrogen-bond donors (Lipinski definition) is 1. The molecule has 1 aliphatic rings. The SMILES string of the molecule is COCC(C)NC(=S)N1CC(C)CCC1C. The van der Waals surface area contributed by atoms with Gasteiger partial charge in [-0.15, -0.1) is 0 Å². The molecule has 0 spiro atoms. The third kappa shape index (κ3) is 3.91. The van der Waals surface area contributed by atoms with E-state index in [0.29, 0.717) is 12.6 Å². The molecule has 94 valence electrons. The summed E-state index contributed by atoms with van der Waals surface area (Å²) in [5.41, 5.74) is 0. The molecule has 0 bridgehead atoms. The van der Waals surface area contributed by atoms with Gasteiger partial charge in [-0.2, -0.15) is 0 Å². The summed E-state index contributed by atoms with van der Waals surface area (Å²) in [6.45, 7) is 8.40. The summed E-state index contributed by atoms with van der Waals surface area (Å²) in [6.07, 6.45) is 2.55. The van der Waals surface area contributed by atoms with Crippen molar-refractivity contribution >= 4 is 17.3 Å². The van der Waals surface area contributed by atoms with Crippen LogP contribution in [0.25, 0.3) is 0 Å². The largest absolute Gasteiger partial charge is 0.383 e. The van der Waals surface area contributed by atoms with Gasteiger partial charge in [0.15, 0.2) is 5.11 Å². The molecule has 1 heterocycles. The Kier molecular flexibility index (Phi) is 5.49. The minimum atomic E-state index is 0.280. The van der Waals surface area contributed by atoms with E-state index in [0.717, 1.165) is 17.6 Å². The molecule has 3 nitrogen and oxygen atoms in total. The molecule has 0 aromatic carbocycles. The molecule has 0 aliphatic carbocycles. The summed E-state index contributed by atoms with van der Waals surface area (Å²) < 4.78 is 5.10. The lowest BCUT2D eigenvalue weighted by molar-refractivity contribution is 0.171. The van der Waals surface area contributed by atoms with Crippen LogP contribution in [0.5, 0.6) is 0 Å². The van der Waals surface area contributed by atoms with Gasteiger partial charge in [0.2, 0.25) is 0 Å². The lowest BCUT2D eigenvalue weighted by Crippen LogP contribution is -2.52. The fourth-order valence-corrected chi connectivity index (χ4v) is 2.61. The van der Waals surface area contributed by atoms with E-state index in [1.165, 1.54) is 12.8 Å². The van der Waals surface area contributed by atoms with Crippen LogP contribution >= 0.6 is 12.2 Å². The van der Waals surface area contributed by atoms with Gasteiger partial charge >= 0.3 is 0 Å². The Morgan fingerprint density at radius 2 is 2.19 bits per heavy atom. The topological polar surface area (TPSA) is 24.5 Å². The van der Waals surface area contributed by atoms with Gasteiger partial charge in [0.25, 0.3) is 0 Å². The predicted octanol–water partition coefficient (Wildman–Crippen LogP) is 2.02. The van der Waals surface area contributed by atoms with Crippen molar-refractivity contribution in [2.75, 3.05) is 20.3 Å². The molecule has 16 heavy (non-hydrogen) atoms. The molecular formula is C12H24N2OS. The minimum Gasteiger partial charge on any atom is -0.383 e. The van der Waals surface area contributed by atoms with Gasteiger partial charge in [-0.3, -0.25) is 0 Å². The molecule has 3 unspecified atom stereocenters. The molecule has 4 heteroatoms. The first kappa shape index (κ1) is 13.7. The molecule has 0 saturated carbocycles. The maximum atomic E-state index is 5.45. The molecule has 1 rings (SSSR count). The molecule has 1 aliphatic heterocycles. The Morgan fingerprint density at radius 3 is 2.81 bits per heavy atom. The average Bonchev–Trinajstić information content (AvgIpc) is 2.21. The average molecular weight is 244 g/mol. The third-order valence-electron chi connectivity index (χ3n) is 3.17. The van der Waals surface area contributed by atoms with Crippen LogP contribution in [0.1, 0.15) is 33.6 Å². The van der Waals surface area contributed by atoms with Crippen LogP contribution in [0.2, 0.25) is 0 Å². The molecule has 3 atom stereocenters. The lowest BCUT2D eigenvalue weighted by Gasteiger charge is -2.39. The monoisotopic (exact) mass is 244 g/mol. The van der Waals surface area contributed by atoms with Crippen molar-refractivity contribution < 1.29 is 4.74 Å². The molecule has 0 aromatic heterocycles. The van der Waals surface area contributed by atoms with Crippen LogP contribution < -0.4 is 5.32 Å². The van der Waals surface area contributed by atoms with Crippen LogP contribution in [-0.4, -0.2) is 42.4 Å². The van der Waals surface area contributed by atoms with Crippen molar-refractivity contribution in [3.63, 3.8) is 0 Å². The molecule has 0 aromatic rings. The molecule has 0 radical (unpaired) electrons. The number of likely N-dealkylation sites (tertiary alicyclic amines) is 1. The smallest absolute Gasteiger partial charge is 0.169 e. The quantitative estimate of drug-likeness (QED) is 0.768. The van der Waals surface area contributed by atoms with Gasteiger partial charge in [-0.25, -0.2) is 0 Å². The first-order valence-electron chi connectivity index (χ1n) is 6.10. The van der Waals surface area contributed by atoms with E-state index in [1.807, 2.05) is 0 Å². The van der Waals surface area contributed by atoms with Crippen LogP contribution in [0.3, 0.4) is 0 Å². The van der Waals surface area contributed by atoms with Gasteiger partial charge in [0.05, 0.1) is 6.61 Å². The van der Waals surface area contributed by atoms with E-state index in [9.17, 15) is 0 Å². The zero-order chi connectivity index (χ0) is 12.1.